The van der Waals surface area contributed by atoms with Gasteiger partial charge in [0.1, 0.15) is 11.5 Å². The number of aliphatic hydroxyl groups is 1. The molecule has 0 bridgehead atoms. The minimum Gasteiger partial charge on any atom is -0.497 e. The second kappa shape index (κ2) is 15.5. The van der Waals surface area contributed by atoms with Crippen molar-refractivity contribution in [2.24, 2.45) is 5.92 Å². The summed E-state index contributed by atoms with van der Waals surface area (Å²) >= 11 is 0. The molecule has 1 N–H and O–H groups in total. The van der Waals surface area contributed by atoms with Crippen molar-refractivity contribution < 1.29 is 37.8 Å². The Kier molecular flexibility index (Phi) is 10.4. The lowest BCUT2D eigenvalue weighted by Gasteiger charge is -2.31. The molecule has 0 radical (unpaired) electrons. The van der Waals surface area contributed by atoms with Gasteiger partial charge in [0.25, 0.3) is 11.8 Å². The molecule has 8 rings (SSSR count). The van der Waals surface area contributed by atoms with Crippen LogP contribution < -0.4 is 19.3 Å². The number of nitrogens with zero attached hydrogens (tertiary/aromatic N) is 3. The first kappa shape index (κ1) is 39.0. The maximum Gasteiger partial charge on any atom is 0.266 e. The fraction of sp³-hybridized carbons (Fsp3) is 0.283. The standard InChI is InChI=1S/C46H46FN3O7Si/c1-30-43(58(3,4)47)41(27-42(52)48(23-24-51)28-31-13-6-5-7-14-31)57-46(30)36-26-34(55-2)21-22-37(36)49(45(46)54)29-32-15-12-16-33(25-32)50-38-18-9-11-20-40(38)56-39-19-10-8-17-35(39)44(50)53/h5-22,25-26,30,41,43,51H,23-24,27-29H2,1-4H3/t30-,41+,43-,46+/m0/s1. The fourth-order valence-corrected chi connectivity index (χ4v) is 11.6. The van der Waals surface area contributed by atoms with Crippen molar-refractivity contribution in [1.82, 2.24) is 4.90 Å². The van der Waals surface area contributed by atoms with Gasteiger partial charge in [0.15, 0.2) is 11.4 Å². The van der Waals surface area contributed by atoms with E-state index in [0.29, 0.717) is 45.4 Å². The Morgan fingerprint density at radius 3 is 2.33 bits per heavy atom. The summed E-state index contributed by atoms with van der Waals surface area (Å²) in [7, 11) is -2.05. The molecule has 298 valence electrons. The van der Waals surface area contributed by atoms with E-state index in [1.165, 1.54) is 0 Å². The maximum absolute atomic E-state index is 16.7. The summed E-state index contributed by atoms with van der Waals surface area (Å²) in [6.07, 6.45) is -1.06. The first-order valence-electron chi connectivity index (χ1n) is 19.5. The maximum atomic E-state index is 16.7. The number of amides is 3. The summed E-state index contributed by atoms with van der Waals surface area (Å²) in [6, 6.07) is 36.8. The van der Waals surface area contributed by atoms with E-state index in [0.717, 1.165) is 11.1 Å². The number of fused-ring (bicyclic) bond motifs is 4. The van der Waals surface area contributed by atoms with Crippen LogP contribution in [0.5, 0.6) is 17.2 Å². The lowest BCUT2D eigenvalue weighted by Crippen LogP contribution is -2.45. The molecule has 1 saturated heterocycles. The number of rotatable bonds is 11. The lowest BCUT2D eigenvalue weighted by molar-refractivity contribution is -0.150. The number of aliphatic hydroxyl groups excluding tert-OH is 1. The Morgan fingerprint density at radius 1 is 0.879 bits per heavy atom. The number of hydrogen-bond acceptors (Lipinski definition) is 7. The van der Waals surface area contributed by atoms with E-state index in [9.17, 15) is 14.7 Å². The van der Waals surface area contributed by atoms with E-state index in [-0.39, 0.29) is 50.4 Å². The van der Waals surface area contributed by atoms with Crippen molar-refractivity contribution in [2.75, 3.05) is 30.1 Å². The highest BCUT2D eigenvalue weighted by atomic mass is 28.4. The second-order valence-electron chi connectivity index (χ2n) is 15.7. The van der Waals surface area contributed by atoms with Crippen LogP contribution in [0, 0.1) is 5.92 Å². The highest BCUT2D eigenvalue weighted by Crippen LogP contribution is 2.61. The van der Waals surface area contributed by atoms with Crippen LogP contribution in [-0.4, -0.2) is 62.5 Å². The molecule has 0 unspecified atom stereocenters. The molecule has 0 saturated carbocycles. The van der Waals surface area contributed by atoms with Gasteiger partial charge in [-0.3, -0.25) is 19.3 Å². The molecule has 1 fully saturated rings. The van der Waals surface area contributed by atoms with Crippen LogP contribution >= 0.6 is 0 Å². The molecule has 0 aliphatic carbocycles. The predicted molar refractivity (Wildman–Crippen MR) is 222 cm³/mol. The van der Waals surface area contributed by atoms with E-state index in [2.05, 4.69) is 0 Å². The van der Waals surface area contributed by atoms with E-state index in [1.54, 1.807) is 65.2 Å². The molecule has 0 aromatic heterocycles. The number of ether oxygens (including phenoxy) is 3. The molecule has 4 atom stereocenters. The summed E-state index contributed by atoms with van der Waals surface area (Å²) < 4.78 is 35.4. The molecule has 58 heavy (non-hydrogen) atoms. The van der Waals surface area contributed by atoms with Crippen LogP contribution in [0.4, 0.5) is 21.2 Å². The number of benzene rings is 5. The van der Waals surface area contributed by atoms with E-state index < -0.39 is 31.6 Å². The number of carbonyl (C=O) groups excluding carboxylic acids is 3. The van der Waals surface area contributed by atoms with Crippen LogP contribution in [-0.2, 0) is 33.0 Å². The van der Waals surface area contributed by atoms with Crippen molar-refractivity contribution in [3.05, 3.63) is 144 Å². The summed E-state index contributed by atoms with van der Waals surface area (Å²) in [4.78, 5) is 48.3. The molecule has 1 spiro atoms. The van der Waals surface area contributed by atoms with Crippen molar-refractivity contribution in [2.45, 2.75) is 56.8 Å². The van der Waals surface area contributed by atoms with Crippen LogP contribution in [0.2, 0.25) is 18.6 Å². The first-order chi connectivity index (χ1) is 27.9. The molecular weight excluding hydrogens is 754 g/mol. The summed E-state index contributed by atoms with van der Waals surface area (Å²) in [5, 5.41) is 9.89. The first-order valence-corrected chi connectivity index (χ1v) is 22.5. The third-order valence-corrected chi connectivity index (χ3v) is 14.1. The molecule has 5 aromatic rings. The van der Waals surface area contributed by atoms with Crippen molar-refractivity contribution >= 4 is 43.2 Å². The van der Waals surface area contributed by atoms with E-state index in [1.807, 2.05) is 97.9 Å². The molecule has 3 aliphatic rings. The second-order valence-corrected chi connectivity index (χ2v) is 19.4. The molecule has 3 amide bonds. The average molecular weight is 800 g/mol. The van der Waals surface area contributed by atoms with E-state index in [4.69, 9.17) is 14.2 Å². The van der Waals surface area contributed by atoms with Crippen LogP contribution in [0.15, 0.2) is 121 Å². The van der Waals surface area contributed by atoms with Gasteiger partial charge in [0, 0.05) is 35.8 Å². The SMILES string of the molecule is COc1ccc2c(c1)[C@@]1(O[C@H](CC(=O)N(CCO)Cc3ccccc3)[C@@H]([Si](C)(C)F)[C@@H]1C)C(=O)N2Cc1cccc(N2C(=O)c3ccccc3Oc3ccccc32)c1. The number of methoxy groups -OCH3 is 1. The quantitative estimate of drug-likeness (QED) is 0.105. The topological polar surface area (TPSA) is 109 Å². The van der Waals surface area contributed by atoms with E-state index >= 15 is 8.90 Å². The third kappa shape index (κ3) is 6.84. The Morgan fingerprint density at radius 2 is 1.59 bits per heavy atom. The molecular formula is C46H46FN3O7Si. The molecule has 12 heteroatoms. The highest BCUT2D eigenvalue weighted by Gasteiger charge is 2.67. The van der Waals surface area contributed by atoms with Crippen molar-refractivity contribution in [3.63, 3.8) is 0 Å². The summed E-state index contributed by atoms with van der Waals surface area (Å²) in [6.45, 7) is 5.31. The molecule has 3 aliphatic heterocycles. The number of hydrogen-bond donors (Lipinski definition) is 1. The van der Waals surface area contributed by atoms with Gasteiger partial charge < -0.3 is 33.2 Å². The Labute approximate surface area is 338 Å². The zero-order chi connectivity index (χ0) is 40.8. The van der Waals surface area contributed by atoms with Gasteiger partial charge >= 0.3 is 0 Å². The molecule has 3 heterocycles. The van der Waals surface area contributed by atoms with Gasteiger partial charge in [-0.15, -0.1) is 0 Å². The van der Waals surface area contributed by atoms with Crippen LogP contribution in [0.1, 0.15) is 40.4 Å². The van der Waals surface area contributed by atoms with Crippen molar-refractivity contribution in [3.8, 4) is 17.2 Å². The largest absolute Gasteiger partial charge is 0.497 e. The number of carbonyl (C=O) groups is 3. The average Bonchev–Trinajstić information content (AvgIpc) is 3.58. The highest BCUT2D eigenvalue weighted by molar-refractivity contribution is 6.72. The van der Waals surface area contributed by atoms with Gasteiger partial charge in [0.2, 0.25) is 14.3 Å². The number of halogens is 1. The van der Waals surface area contributed by atoms with Gasteiger partial charge in [-0.25, -0.2) is 0 Å². The Bertz CT molecular complexity index is 2370. The molecule has 10 nitrogen and oxygen atoms in total. The summed E-state index contributed by atoms with van der Waals surface area (Å²) in [5.74, 6) is -0.0565. The molecule has 5 aromatic carbocycles. The minimum atomic E-state index is -3.59. The minimum absolute atomic E-state index is 0.0994. The van der Waals surface area contributed by atoms with Gasteiger partial charge in [-0.2, -0.15) is 0 Å². The number of para-hydroxylation sites is 3. The number of anilines is 3. The van der Waals surface area contributed by atoms with Gasteiger partial charge in [0.05, 0.1) is 49.7 Å². The smallest absolute Gasteiger partial charge is 0.266 e. The Hall–Kier alpha value is -5.82. The van der Waals surface area contributed by atoms with Gasteiger partial charge in [-0.1, -0.05) is 73.7 Å². The lowest BCUT2D eigenvalue weighted by atomic mass is 9.82. The zero-order valence-electron chi connectivity index (χ0n) is 32.9. The third-order valence-electron chi connectivity index (χ3n) is 11.6. The monoisotopic (exact) mass is 799 g/mol. The normalized spacial score (nSPS) is 21.0. The predicted octanol–water partition coefficient (Wildman–Crippen LogP) is 8.51. The zero-order valence-corrected chi connectivity index (χ0v) is 33.9. The van der Waals surface area contributed by atoms with Crippen molar-refractivity contribution in [1.29, 1.82) is 0 Å². The summed E-state index contributed by atoms with van der Waals surface area (Å²) in [5.41, 5.74) is 2.05. The van der Waals surface area contributed by atoms with Crippen LogP contribution in [0.3, 0.4) is 0 Å². The van der Waals surface area contributed by atoms with Gasteiger partial charge in [-0.05, 0) is 78.8 Å². The fourth-order valence-electron chi connectivity index (χ4n) is 9.07. The van der Waals surface area contributed by atoms with Crippen LogP contribution in [0.25, 0.3) is 0 Å². The Balaban J connectivity index is 1.14.